The number of nitrogen functional groups attached to an aromatic ring is 1. The van der Waals surface area contributed by atoms with Crippen LogP contribution >= 0.6 is 0 Å². The number of pyridine rings is 1. The van der Waals surface area contributed by atoms with Crippen LogP contribution in [0.15, 0.2) is 42.5 Å². The monoisotopic (exact) mass is 214 g/mol. The molecule has 80 valence electrons. The van der Waals surface area contributed by atoms with Crippen molar-refractivity contribution in [2.75, 3.05) is 5.73 Å². The lowest BCUT2D eigenvalue weighted by Gasteiger charge is -2.02. The molecule has 4 heteroatoms. The minimum Gasteiger partial charge on any atom is -0.477 e. The van der Waals surface area contributed by atoms with Crippen molar-refractivity contribution in [1.29, 1.82) is 0 Å². The summed E-state index contributed by atoms with van der Waals surface area (Å²) in [6.07, 6.45) is 0. The molecule has 1 heterocycles. The molecule has 0 aliphatic rings. The Morgan fingerprint density at radius 1 is 1.12 bits per heavy atom. The van der Waals surface area contributed by atoms with Crippen molar-refractivity contribution in [3.8, 4) is 11.3 Å². The number of nitrogens with two attached hydrogens (primary N) is 1. The van der Waals surface area contributed by atoms with Crippen LogP contribution in [0.3, 0.4) is 0 Å². The predicted molar refractivity (Wildman–Crippen MR) is 61.0 cm³/mol. The Labute approximate surface area is 92.4 Å². The molecule has 0 bridgehead atoms. The Bertz CT molecular complexity index is 521. The van der Waals surface area contributed by atoms with Crippen LogP contribution in [0, 0.1) is 0 Å². The minimum atomic E-state index is -1.03. The second kappa shape index (κ2) is 4.02. The van der Waals surface area contributed by atoms with E-state index in [1.54, 1.807) is 24.3 Å². The van der Waals surface area contributed by atoms with E-state index >= 15 is 0 Å². The van der Waals surface area contributed by atoms with Crippen LogP contribution in [0.25, 0.3) is 11.3 Å². The number of rotatable bonds is 2. The Kier molecular flexibility index (Phi) is 2.55. The van der Waals surface area contributed by atoms with Gasteiger partial charge in [-0.3, -0.25) is 0 Å². The van der Waals surface area contributed by atoms with E-state index in [1.165, 1.54) is 6.07 Å². The molecule has 1 aromatic carbocycles. The van der Waals surface area contributed by atoms with Gasteiger partial charge in [0, 0.05) is 11.3 Å². The first-order chi connectivity index (χ1) is 7.66. The number of aromatic nitrogens is 1. The Morgan fingerprint density at radius 2 is 1.81 bits per heavy atom. The largest absolute Gasteiger partial charge is 0.477 e. The van der Waals surface area contributed by atoms with Gasteiger partial charge in [-0.05, 0) is 24.3 Å². The molecule has 2 rings (SSSR count). The van der Waals surface area contributed by atoms with Crippen LogP contribution in [0.2, 0.25) is 0 Å². The van der Waals surface area contributed by atoms with Gasteiger partial charge >= 0.3 is 5.97 Å². The second-order valence-electron chi connectivity index (χ2n) is 3.34. The molecule has 0 saturated carbocycles. The first-order valence-corrected chi connectivity index (χ1v) is 4.73. The summed E-state index contributed by atoms with van der Waals surface area (Å²) in [6, 6.07) is 12.0. The van der Waals surface area contributed by atoms with E-state index in [-0.39, 0.29) is 5.69 Å². The number of nitrogens with zero attached hydrogens (tertiary/aromatic N) is 1. The third-order valence-corrected chi connectivity index (χ3v) is 2.17. The van der Waals surface area contributed by atoms with Crippen LogP contribution in [-0.2, 0) is 0 Å². The highest BCUT2D eigenvalue weighted by Gasteiger charge is 2.06. The second-order valence-corrected chi connectivity index (χ2v) is 3.34. The summed E-state index contributed by atoms with van der Waals surface area (Å²) < 4.78 is 0. The van der Waals surface area contributed by atoms with Gasteiger partial charge in [-0.25, -0.2) is 9.78 Å². The van der Waals surface area contributed by atoms with Gasteiger partial charge in [-0.2, -0.15) is 0 Å². The maximum absolute atomic E-state index is 10.8. The van der Waals surface area contributed by atoms with Crippen molar-refractivity contribution in [1.82, 2.24) is 4.98 Å². The van der Waals surface area contributed by atoms with E-state index < -0.39 is 5.97 Å². The first kappa shape index (κ1) is 10.2. The average Bonchev–Trinajstić information content (AvgIpc) is 2.30. The molecule has 0 aliphatic heterocycles. The summed E-state index contributed by atoms with van der Waals surface area (Å²) >= 11 is 0. The highest BCUT2D eigenvalue weighted by atomic mass is 16.4. The van der Waals surface area contributed by atoms with Gasteiger partial charge in [0.15, 0.2) is 0 Å². The fraction of sp³-hybridized carbons (Fsp3) is 0. The van der Waals surface area contributed by atoms with Gasteiger partial charge in [0.05, 0.1) is 5.69 Å². The lowest BCUT2D eigenvalue weighted by atomic mass is 10.1. The summed E-state index contributed by atoms with van der Waals surface area (Å²) in [5.41, 5.74) is 7.74. The van der Waals surface area contributed by atoms with Crippen molar-refractivity contribution in [3.63, 3.8) is 0 Å². The molecule has 0 amide bonds. The van der Waals surface area contributed by atoms with Crippen molar-refractivity contribution in [2.45, 2.75) is 0 Å². The minimum absolute atomic E-state index is 0.0364. The number of benzene rings is 1. The zero-order chi connectivity index (χ0) is 11.5. The molecular formula is C12H10N2O2. The van der Waals surface area contributed by atoms with Crippen molar-refractivity contribution < 1.29 is 9.90 Å². The Balaban J connectivity index is 2.44. The average molecular weight is 214 g/mol. The summed E-state index contributed by atoms with van der Waals surface area (Å²) in [5, 5.41) is 8.82. The van der Waals surface area contributed by atoms with Gasteiger partial charge < -0.3 is 10.8 Å². The number of hydrogen-bond acceptors (Lipinski definition) is 3. The number of hydrogen-bond donors (Lipinski definition) is 2. The lowest BCUT2D eigenvalue weighted by Crippen LogP contribution is -2.00. The number of carboxylic acid groups (broad SMARTS) is 1. The molecule has 4 nitrogen and oxygen atoms in total. The van der Waals surface area contributed by atoms with Crippen molar-refractivity contribution >= 4 is 11.7 Å². The van der Waals surface area contributed by atoms with E-state index in [4.69, 9.17) is 10.8 Å². The van der Waals surface area contributed by atoms with Crippen LogP contribution in [0.1, 0.15) is 10.5 Å². The molecule has 0 saturated heterocycles. The lowest BCUT2D eigenvalue weighted by molar-refractivity contribution is 0.0690. The number of carboxylic acids is 1. The summed E-state index contributed by atoms with van der Waals surface area (Å²) in [6.45, 7) is 0. The predicted octanol–water partition coefficient (Wildman–Crippen LogP) is 2.03. The third-order valence-electron chi connectivity index (χ3n) is 2.17. The van der Waals surface area contributed by atoms with E-state index in [2.05, 4.69) is 4.98 Å². The third kappa shape index (κ3) is 2.00. The topological polar surface area (TPSA) is 76.2 Å². The highest BCUT2D eigenvalue weighted by molar-refractivity contribution is 5.86. The first-order valence-electron chi connectivity index (χ1n) is 4.73. The van der Waals surface area contributed by atoms with E-state index in [1.807, 2.05) is 12.1 Å². The van der Waals surface area contributed by atoms with Gasteiger partial charge in [0.1, 0.15) is 5.69 Å². The van der Waals surface area contributed by atoms with Crippen LogP contribution in [0.4, 0.5) is 5.69 Å². The summed E-state index contributed by atoms with van der Waals surface area (Å²) in [5.74, 6) is -1.03. The number of anilines is 1. The molecule has 0 fully saturated rings. The maximum Gasteiger partial charge on any atom is 0.354 e. The van der Waals surface area contributed by atoms with E-state index in [0.717, 1.165) is 5.56 Å². The molecule has 1 aromatic heterocycles. The zero-order valence-electron chi connectivity index (χ0n) is 8.42. The van der Waals surface area contributed by atoms with E-state index in [0.29, 0.717) is 11.4 Å². The van der Waals surface area contributed by atoms with Crippen molar-refractivity contribution in [2.24, 2.45) is 0 Å². The van der Waals surface area contributed by atoms with E-state index in [9.17, 15) is 4.79 Å². The molecule has 0 aliphatic carbocycles. The van der Waals surface area contributed by atoms with Crippen LogP contribution < -0.4 is 5.73 Å². The van der Waals surface area contributed by atoms with Gasteiger partial charge in [0.25, 0.3) is 0 Å². The summed E-state index contributed by atoms with van der Waals surface area (Å²) in [7, 11) is 0. The number of carbonyl (C=O) groups is 1. The highest BCUT2D eigenvalue weighted by Crippen LogP contribution is 2.18. The fourth-order valence-electron chi connectivity index (χ4n) is 1.37. The molecule has 2 aromatic rings. The zero-order valence-corrected chi connectivity index (χ0v) is 8.42. The van der Waals surface area contributed by atoms with Gasteiger partial charge in [-0.1, -0.05) is 18.2 Å². The van der Waals surface area contributed by atoms with Crippen LogP contribution in [-0.4, -0.2) is 16.1 Å². The fourth-order valence-corrected chi connectivity index (χ4v) is 1.37. The molecule has 16 heavy (non-hydrogen) atoms. The normalized spacial score (nSPS) is 10.0. The molecule has 0 radical (unpaired) electrons. The molecule has 3 N–H and O–H groups in total. The molecule has 0 unspecified atom stereocenters. The quantitative estimate of drug-likeness (QED) is 0.750. The number of aromatic carboxylic acids is 1. The maximum atomic E-state index is 10.8. The smallest absolute Gasteiger partial charge is 0.354 e. The van der Waals surface area contributed by atoms with Gasteiger partial charge in [-0.15, -0.1) is 0 Å². The Morgan fingerprint density at radius 3 is 2.44 bits per heavy atom. The molecule has 0 atom stereocenters. The summed E-state index contributed by atoms with van der Waals surface area (Å²) in [4.78, 5) is 14.8. The van der Waals surface area contributed by atoms with Gasteiger partial charge in [0.2, 0.25) is 0 Å². The molecular weight excluding hydrogens is 204 g/mol. The standard InChI is InChI=1S/C12H10N2O2/c13-9-6-4-8(5-7-9)10-2-1-3-11(14-10)12(15)16/h1-7H,13H2,(H,15,16). The van der Waals surface area contributed by atoms with Crippen LogP contribution in [0.5, 0.6) is 0 Å². The SMILES string of the molecule is Nc1ccc(-c2cccc(C(=O)O)n2)cc1. The molecule has 0 spiro atoms. The van der Waals surface area contributed by atoms with Crippen molar-refractivity contribution in [3.05, 3.63) is 48.2 Å². The Hall–Kier alpha value is -2.36.